The number of hydrogen-bond acceptors (Lipinski definition) is 5. The van der Waals surface area contributed by atoms with Gasteiger partial charge in [0.25, 0.3) is 0 Å². The zero-order valence-electron chi connectivity index (χ0n) is 15.9. The van der Waals surface area contributed by atoms with E-state index in [1.165, 1.54) is 0 Å². The van der Waals surface area contributed by atoms with E-state index in [0.29, 0.717) is 5.56 Å². The molecule has 0 bridgehead atoms. The summed E-state index contributed by atoms with van der Waals surface area (Å²) in [5, 5.41) is 12.0. The second-order valence-electron chi connectivity index (χ2n) is 6.70. The summed E-state index contributed by atoms with van der Waals surface area (Å²) < 4.78 is 41.6. The van der Waals surface area contributed by atoms with Gasteiger partial charge in [-0.15, -0.1) is 0 Å². The number of benzene rings is 1. The highest BCUT2D eigenvalue weighted by Crippen LogP contribution is 2.21. The smallest absolute Gasteiger partial charge is 0.392 e. The van der Waals surface area contributed by atoms with Gasteiger partial charge >= 0.3 is 18.1 Å². The molecule has 1 heterocycles. The van der Waals surface area contributed by atoms with Crippen molar-refractivity contribution in [3.63, 3.8) is 0 Å². The highest BCUT2D eigenvalue weighted by molar-refractivity contribution is 5.87. The maximum absolute atomic E-state index is 12.3. The Bertz CT molecular complexity index is 897. The molecule has 5 N–H and O–H groups in total. The van der Waals surface area contributed by atoms with Gasteiger partial charge in [-0.1, -0.05) is 18.2 Å². The van der Waals surface area contributed by atoms with Gasteiger partial charge in [-0.2, -0.15) is 13.2 Å². The van der Waals surface area contributed by atoms with Crippen LogP contribution in [0, 0.1) is 0 Å². The summed E-state index contributed by atoms with van der Waals surface area (Å²) in [5.41, 5.74) is 6.80. The van der Waals surface area contributed by atoms with E-state index in [9.17, 15) is 27.6 Å². The summed E-state index contributed by atoms with van der Waals surface area (Å²) in [6, 6.07) is 4.69. The van der Waals surface area contributed by atoms with E-state index in [1.54, 1.807) is 30.5 Å². The average molecular weight is 429 g/mol. The number of rotatable bonds is 10. The molecule has 0 aliphatic carbocycles. The molecule has 164 valence electrons. The number of carboxylic acid groups (broad SMARTS) is 1. The van der Waals surface area contributed by atoms with Gasteiger partial charge in [0.1, 0.15) is 18.7 Å². The van der Waals surface area contributed by atoms with E-state index in [-0.39, 0.29) is 19.3 Å². The van der Waals surface area contributed by atoms with Crippen molar-refractivity contribution in [1.29, 1.82) is 0 Å². The molecule has 1 aromatic carbocycles. The molecule has 0 saturated heterocycles. The van der Waals surface area contributed by atoms with Crippen molar-refractivity contribution < 1.29 is 37.4 Å². The number of carbonyl (C=O) groups is 3. The number of nitrogens with two attached hydrogens (primary N) is 1. The van der Waals surface area contributed by atoms with Crippen molar-refractivity contribution in [3.05, 3.63) is 36.0 Å². The molecule has 0 spiro atoms. The molecule has 1 unspecified atom stereocenters. The Kier molecular flexibility index (Phi) is 7.81. The Morgan fingerprint density at radius 2 is 1.93 bits per heavy atom. The van der Waals surface area contributed by atoms with Crippen molar-refractivity contribution in [1.82, 2.24) is 10.3 Å². The second-order valence-corrected chi connectivity index (χ2v) is 6.70. The Labute approximate surface area is 169 Å². The minimum atomic E-state index is -4.48. The summed E-state index contributed by atoms with van der Waals surface area (Å²) in [6.45, 7) is -0.869. The van der Waals surface area contributed by atoms with E-state index in [2.05, 4.69) is 10.3 Å². The summed E-state index contributed by atoms with van der Waals surface area (Å²) in [5.74, 6) is -2.95. The fourth-order valence-electron chi connectivity index (χ4n) is 2.76. The number of H-pyrrole nitrogens is 1. The number of aromatic amines is 1. The van der Waals surface area contributed by atoms with Gasteiger partial charge in [0, 0.05) is 29.9 Å². The van der Waals surface area contributed by atoms with Crippen molar-refractivity contribution >= 4 is 28.7 Å². The lowest BCUT2D eigenvalue weighted by atomic mass is 10.0. The number of fused-ring (bicyclic) bond motifs is 1. The van der Waals surface area contributed by atoms with Gasteiger partial charge in [-0.05, 0) is 18.1 Å². The SMILES string of the molecule is N[C@H](CCC(=O)NC(Cc1c[nH]c2ccccc12)C(=O)OCCC(F)(F)F)C(=O)O. The number of esters is 1. The number of ether oxygens (including phenoxy) is 1. The number of halogens is 3. The minimum absolute atomic E-state index is 0.0222. The summed E-state index contributed by atoms with van der Waals surface area (Å²) in [6.07, 6.45) is -4.61. The number of hydrogen-bond donors (Lipinski definition) is 4. The van der Waals surface area contributed by atoms with Crippen LogP contribution in [0.25, 0.3) is 10.9 Å². The van der Waals surface area contributed by atoms with E-state index >= 15 is 0 Å². The number of nitrogens with one attached hydrogen (secondary N) is 2. The first-order valence-electron chi connectivity index (χ1n) is 9.13. The number of para-hydroxylation sites is 1. The number of aromatic nitrogens is 1. The maximum atomic E-state index is 12.3. The van der Waals surface area contributed by atoms with Gasteiger partial charge in [-0.3, -0.25) is 9.59 Å². The van der Waals surface area contributed by atoms with Gasteiger partial charge in [0.15, 0.2) is 0 Å². The Morgan fingerprint density at radius 3 is 2.60 bits per heavy atom. The predicted molar refractivity (Wildman–Crippen MR) is 100 cm³/mol. The molecule has 30 heavy (non-hydrogen) atoms. The molecule has 0 aliphatic rings. The van der Waals surface area contributed by atoms with Crippen LogP contribution in [0.2, 0.25) is 0 Å². The first-order valence-corrected chi connectivity index (χ1v) is 9.13. The Hall–Kier alpha value is -3.08. The molecule has 2 aromatic rings. The maximum Gasteiger partial charge on any atom is 0.392 e. The lowest BCUT2D eigenvalue weighted by molar-refractivity contribution is -0.161. The first kappa shape index (κ1) is 23.2. The number of carboxylic acids is 1. The molecule has 1 aromatic heterocycles. The molecule has 2 atom stereocenters. The summed E-state index contributed by atoms with van der Waals surface area (Å²) >= 11 is 0. The molecule has 0 aliphatic heterocycles. The van der Waals surface area contributed by atoms with Crippen LogP contribution in [-0.2, 0) is 25.5 Å². The molecule has 0 fully saturated rings. The van der Waals surface area contributed by atoms with Gasteiger partial charge in [0.05, 0.1) is 6.42 Å². The summed E-state index contributed by atoms with van der Waals surface area (Å²) in [7, 11) is 0. The van der Waals surface area contributed by atoms with Crippen molar-refractivity contribution in [2.75, 3.05) is 6.61 Å². The number of amides is 1. The average Bonchev–Trinajstić information content (AvgIpc) is 3.07. The molecule has 1 amide bonds. The monoisotopic (exact) mass is 429 g/mol. The topological polar surface area (TPSA) is 135 Å². The van der Waals surface area contributed by atoms with Crippen molar-refractivity contribution in [2.45, 2.75) is 43.9 Å². The normalized spacial score (nSPS) is 13.6. The third-order valence-electron chi connectivity index (χ3n) is 4.35. The van der Waals surface area contributed by atoms with Crippen LogP contribution >= 0.6 is 0 Å². The van der Waals surface area contributed by atoms with Crippen LogP contribution < -0.4 is 11.1 Å². The van der Waals surface area contributed by atoms with Crippen LogP contribution in [0.3, 0.4) is 0 Å². The first-order chi connectivity index (χ1) is 14.1. The van der Waals surface area contributed by atoms with E-state index in [4.69, 9.17) is 15.6 Å². The predicted octanol–water partition coefficient (Wildman–Crippen LogP) is 1.88. The molecule has 0 saturated carbocycles. The Morgan fingerprint density at radius 1 is 1.23 bits per heavy atom. The molecule has 8 nitrogen and oxygen atoms in total. The van der Waals surface area contributed by atoms with Crippen LogP contribution in [0.4, 0.5) is 13.2 Å². The van der Waals surface area contributed by atoms with E-state index < -0.39 is 49.1 Å². The third-order valence-corrected chi connectivity index (χ3v) is 4.35. The lowest BCUT2D eigenvalue weighted by Gasteiger charge is -2.18. The largest absolute Gasteiger partial charge is 0.480 e. The standard InChI is InChI=1S/C19H22F3N3O5/c20-19(21,22)7-8-30-18(29)15(25-16(26)6-5-13(23)17(27)28)9-11-10-24-14-4-2-1-3-12(11)14/h1-4,10,13,15,24H,5-9,23H2,(H,25,26)(H,27,28)/t13-,15?/m1/s1. The zero-order chi connectivity index (χ0) is 22.3. The number of alkyl halides is 3. The van der Waals surface area contributed by atoms with E-state index in [1.807, 2.05) is 0 Å². The van der Waals surface area contributed by atoms with Crippen molar-refractivity contribution in [2.24, 2.45) is 5.73 Å². The lowest BCUT2D eigenvalue weighted by Crippen LogP contribution is -2.44. The van der Waals surface area contributed by atoms with Crippen molar-refractivity contribution in [3.8, 4) is 0 Å². The molecule has 2 rings (SSSR count). The van der Waals surface area contributed by atoms with E-state index in [0.717, 1.165) is 10.9 Å². The van der Waals surface area contributed by atoms with Gasteiger partial charge in [0.2, 0.25) is 5.91 Å². The van der Waals surface area contributed by atoms with Gasteiger partial charge in [-0.25, -0.2) is 4.79 Å². The van der Waals surface area contributed by atoms with Crippen LogP contribution in [0.15, 0.2) is 30.5 Å². The fourth-order valence-corrected chi connectivity index (χ4v) is 2.76. The number of aliphatic carboxylic acids is 1. The van der Waals surface area contributed by atoms with Crippen LogP contribution in [0.1, 0.15) is 24.8 Å². The number of carbonyl (C=O) groups excluding carboxylic acids is 2. The molecule has 11 heteroatoms. The second kappa shape index (κ2) is 10.1. The van der Waals surface area contributed by atoms with Crippen LogP contribution in [-0.4, -0.2) is 52.8 Å². The van der Waals surface area contributed by atoms with Gasteiger partial charge < -0.3 is 25.9 Å². The highest BCUT2D eigenvalue weighted by atomic mass is 19.4. The van der Waals surface area contributed by atoms with Crippen LogP contribution in [0.5, 0.6) is 0 Å². The zero-order valence-corrected chi connectivity index (χ0v) is 15.9. The minimum Gasteiger partial charge on any atom is -0.480 e. The quantitative estimate of drug-likeness (QED) is 0.426. The third kappa shape index (κ3) is 7.07. The molecular formula is C19H22F3N3O5. The summed E-state index contributed by atoms with van der Waals surface area (Å²) in [4.78, 5) is 38.3. The molecule has 0 radical (unpaired) electrons. The highest BCUT2D eigenvalue weighted by Gasteiger charge is 2.29. The molecular weight excluding hydrogens is 407 g/mol. The Balaban J connectivity index is 2.08. The fraction of sp³-hybridized carbons (Fsp3) is 0.421.